The van der Waals surface area contributed by atoms with Crippen LogP contribution in [0, 0.1) is 11.3 Å². The molecule has 1 rings (SSSR count). The van der Waals surface area contributed by atoms with E-state index in [9.17, 15) is 18.0 Å². The number of hydrogen-bond acceptors (Lipinski definition) is 5. The molecule has 8 heteroatoms. The summed E-state index contributed by atoms with van der Waals surface area (Å²) in [6.07, 6.45) is -4.21. The molecule has 0 aliphatic rings. The average Bonchev–Trinajstić information content (AvgIpc) is 2.25. The number of esters is 1. The maximum absolute atomic E-state index is 11.9. The normalized spacial score (nSPS) is 10.5. The maximum atomic E-state index is 11.9. The molecule has 0 fully saturated rings. The lowest BCUT2D eigenvalue weighted by atomic mass is 10.2. The van der Waals surface area contributed by atoms with E-state index < -0.39 is 18.1 Å². The minimum atomic E-state index is -4.89. The summed E-state index contributed by atoms with van der Waals surface area (Å²) in [5.74, 6) is -1.60. The van der Waals surface area contributed by atoms with Crippen LogP contribution in [0.25, 0.3) is 0 Å². The molecule has 0 saturated heterocycles. The Labute approximate surface area is 93.4 Å². The van der Waals surface area contributed by atoms with Crippen molar-refractivity contribution in [1.29, 1.82) is 5.26 Å². The number of rotatable bonds is 2. The molecular formula is C9H5F3N2O3. The Morgan fingerprint density at radius 1 is 1.53 bits per heavy atom. The number of aromatic nitrogens is 1. The highest BCUT2D eigenvalue weighted by molar-refractivity contribution is 5.90. The summed E-state index contributed by atoms with van der Waals surface area (Å²) < 4.78 is 43.5. The zero-order valence-electron chi connectivity index (χ0n) is 8.41. The predicted octanol–water partition coefficient (Wildman–Crippen LogP) is 1.64. The topological polar surface area (TPSA) is 72.2 Å². The SMILES string of the molecule is COC(=O)c1ncc(OC(F)(F)F)cc1C#N. The van der Waals surface area contributed by atoms with E-state index in [1.165, 1.54) is 6.07 Å². The standard InChI is InChI=1S/C9H5F3N2O3/c1-16-8(15)7-5(3-13)2-6(4-14-7)17-9(10,11)12/h2,4H,1H3. The molecule has 0 amide bonds. The van der Waals surface area contributed by atoms with E-state index in [1.54, 1.807) is 0 Å². The molecule has 0 N–H and O–H groups in total. The van der Waals surface area contributed by atoms with Crippen LogP contribution in [0.1, 0.15) is 16.1 Å². The van der Waals surface area contributed by atoms with Crippen molar-refractivity contribution in [2.45, 2.75) is 6.36 Å². The molecule has 0 atom stereocenters. The molecule has 1 heterocycles. The summed E-state index contributed by atoms with van der Waals surface area (Å²) in [5.41, 5.74) is -0.733. The maximum Gasteiger partial charge on any atom is 0.573 e. The summed E-state index contributed by atoms with van der Waals surface area (Å²) >= 11 is 0. The minimum absolute atomic E-state index is 0.362. The number of carbonyl (C=O) groups excluding carboxylic acids is 1. The third-order valence-corrected chi connectivity index (χ3v) is 1.60. The molecule has 0 aliphatic heterocycles. The highest BCUT2D eigenvalue weighted by Crippen LogP contribution is 2.23. The van der Waals surface area contributed by atoms with E-state index >= 15 is 0 Å². The van der Waals surface area contributed by atoms with E-state index in [0.29, 0.717) is 6.20 Å². The van der Waals surface area contributed by atoms with Gasteiger partial charge in [-0.15, -0.1) is 13.2 Å². The second-order valence-corrected chi connectivity index (χ2v) is 2.72. The zero-order chi connectivity index (χ0) is 13.1. The number of hydrogen-bond donors (Lipinski definition) is 0. The van der Waals surface area contributed by atoms with Gasteiger partial charge in [0.05, 0.1) is 18.9 Å². The van der Waals surface area contributed by atoms with Crippen LogP contribution >= 0.6 is 0 Å². The number of halogens is 3. The smallest absolute Gasteiger partial charge is 0.464 e. The molecule has 1 aromatic heterocycles. The largest absolute Gasteiger partial charge is 0.573 e. The molecule has 0 radical (unpaired) electrons. The number of methoxy groups -OCH3 is 1. The van der Waals surface area contributed by atoms with Gasteiger partial charge in [0.15, 0.2) is 5.69 Å². The Bertz CT molecular complexity index is 479. The first-order valence-corrected chi connectivity index (χ1v) is 4.11. The molecule has 0 aliphatic carbocycles. The quantitative estimate of drug-likeness (QED) is 0.741. The molecule has 0 spiro atoms. The van der Waals surface area contributed by atoms with Gasteiger partial charge in [-0.1, -0.05) is 0 Å². The molecule has 5 nitrogen and oxygen atoms in total. The number of pyridine rings is 1. The van der Waals surface area contributed by atoms with Crippen molar-refractivity contribution in [1.82, 2.24) is 4.98 Å². The van der Waals surface area contributed by atoms with Gasteiger partial charge in [-0.25, -0.2) is 9.78 Å². The summed E-state index contributed by atoms with van der Waals surface area (Å²) in [7, 11) is 1.06. The van der Waals surface area contributed by atoms with E-state index in [4.69, 9.17) is 5.26 Å². The van der Waals surface area contributed by atoms with Crippen LogP contribution in [-0.4, -0.2) is 24.4 Å². The van der Waals surface area contributed by atoms with Gasteiger partial charge in [0.1, 0.15) is 11.8 Å². The fourth-order valence-electron chi connectivity index (χ4n) is 0.980. The van der Waals surface area contributed by atoms with Crippen LogP contribution in [0.15, 0.2) is 12.3 Å². The molecule has 17 heavy (non-hydrogen) atoms. The Hall–Kier alpha value is -2.30. The Morgan fingerprint density at radius 3 is 2.65 bits per heavy atom. The van der Waals surface area contributed by atoms with Crippen LogP contribution in [0.5, 0.6) is 5.75 Å². The highest BCUT2D eigenvalue weighted by atomic mass is 19.4. The number of alkyl halides is 3. The summed E-state index contributed by atoms with van der Waals surface area (Å²) in [6.45, 7) is 0. The van der Waals surface area contributed by atoms with Gasteiger partial charge in [-0.2, -0.15) is 5.26 Å². The van der Waals surface area contributed by atoms with E-state index in [0.717, 1.165) is 13.2 Å². The van der Waals surface area contributed by atoms with Gasteiger partial charge in [-0.05, 0) is 0 Å². The van der Waals surface area contributed by atoms with Crippen LogP contribution in [0.4, 0.5) is 13.2 Å². The molecule has 0 unspecified atom stereocenters. The third-order valence-electron chi connectivity index (χ3n) is 1.60. The predicted molar refractivity (Wildman–Crippen MR) is 47.0 cm³/mol. The van der Waals surface area contributed by atoms with Gasteiger partial charge in [0.2, 0.25) is 0 Å². The summed E-state index contributed by atoms with van der Waals surface area (Å²) in [4.78, 5) is 14.5. The Balaban J connectivity index is 3.10. The number of ether oxygens (including phenoxy) is 2. The van der Waals surface area contributed by atoms with Gasteiger partial charge < -0.3 is 9.47 Å². The molecular weight excluding hydrogens is 241 g/mol. The molecule has 0 aromatic carbocycles. The van der Waals surface area contributed by atoms with E-state index in [1.807, 2.05) is 0 Å². The van der Waals surface area contributed by atoms with Crippen molar-refractivity contribution in [2.75, 3.05) is 7.11 Å². The Morgan fingerprint density at radius 2 is 2.18 bits per heavy atom. The van der Waals surface area contributed by atoms with Crippen molar-refractivity contribution >= 4 is 5.97 Å². The van der Waals surface area contributed by atoms with Crippen molar-refractivity contribution < 1.29 is 27.4 Å². The minimum Gasteiger partial charge on any atom is -0.464 e. The summed E-state index contributed by atoms with van der Waals surface area (Å²) in [5, 5.41) is 8.65. The third kappa shape index (κ3) is 3.34. The number of nitriles is 1. The lowest BCUT2D eigenvalue weighted by Gasteiger charge is -2.09. The number of carbonyl (C=O) groups is 1. The van der Waals surface area contributed by atoms with Crippen LogP contribution in [0.2, 0.25) is 0 Å². The van der Waals surface area contributed by atoms with Crippen molar-refractivity contribution in [3.8, 4) is 11.8 Å². The lowest BCUT2D eigenvalue weighted by Crippen LogP contribution is -2.18. The fraction of sp³-hybridized carbons (Fsp3) is 0.222. The fourth-order valence-corrected chi connectivity index (χ4v) is 0.980. The van der Waals surface area contributed by atoms with Crippen LogP contribution < -0.4 is 4.74 Å². The van der Waals surface area contributed by atoms with Gasteiger partial charge in [0.25, 0.3) is 0 Å². The van der Waals surface area contributed by atoms with Crippen molar-refractivity contribution in [3.63, 3.8) is 0 Å². The van der Waals surface area contributed by atoms with Crippen LogP contribution in [-0.2, 0) is 4.74 Å². The monoisotopic (exact) mass is 246 g/mol. The van der Waals surface area contributed by atoms with Crippen molar-refractivity contribution in [2.24, 2.45) is 0 Å². The summed E-state index contributed by atoms with van der Waals surface area (Å²) in [6, 6.07) is 2.28. The van der Waals surface area contributed by atoms with E-state index in [-0.39, 0.29) is 11.3 Å². The molecule has 0 bridgehead atoms. The second-order valence-electron chi connectivity index (χ2n) is 2.72. The van der Waals surface area contributed by atoms with Gasteiger partial charge >= 0.3 is 12.3 Å². The van der Waals surface area contributed by atoms with Gasteiger partial charge in [-0.3, -0.25) is 0 Å². The highest BCUT2D eigenvalue weighted by Gasteiger charge is 2.31. The van der Waals surface area contributed by atoms with Crippen LogP contribution in [0.3, 0.4) is 0 Å². The second kappa shape index (κ2) is 4.69. The molecule has 1 aromatic rings. The molecule has 90 valence electrons. The number of nitrogens with zero attached hydrogens (tertiary/aromatic N) is 2. The van der Waals surface area contributed by atoms with Crippen molar-refractivity contribution in [3.05, 3.63) is 23.5 Å². The first kappa shape index (κ1) is 12.8. The first-order valence-electron chi connectivity index (χ1n) is 4.11. The Kier molecular flexibility index (Phi) is 3.52. The zero-order valence-corrected chi connectivity index (χ0v) is 8.41. The van der Waals surface area contributed by atoms with Gasteiger partial charge in [0, 0.05) is 6.07 Å². The van der Waals surface area contributed by atoms with E-state index in [2.05, 4.69) is 14.5 Å². The molecule has 0 saturated carbocycles. The first-order chi connectivity index (χ1) is 7.87. The average molecular weight is 246 g/mol. The lowest BCUT2D eigenvalue weighted by molar-refractivity contribution is -0.274.